The van der Waals surface area contributed by atoms with Crippen LogP contribution in [0.5, 0.6) is 0 Å². The quantitative estimate of drug-likeness (QED) is 0.786. The van der Waals surface area contributed by atoms with Gasteiger partial charge >= 0.3 is 0 Å². The van der Waals surface area contributed by atoms with Gasteiger partial charge in [-0.15, -0.1) is 0 Å². The van der Waals surface area contributed by atoms with Crippen LogP contribution >= 0.6 is 23.2 Å². The van der Waals surface area contributed by atoms with E-state index >= 15 is 0 Å². The number of nitrogens with zero attached hydrogens (tertiary/aromatic N) is 1. The van der Waals surface area contributed by atoms with Crippen LogP contribution in [-0.4, -0.2) is 38.7 Å². The van der Waals surface area contributed by atoms with Crippen LogP contribution in [0.4, 0.5) is 5.69 Å². The molecule has 1 saturated heterocycles. The van der Waals surface area contributed by atoms with E-state index in [2.05, 4.69) is 10.2 Å². The Morgan fingerprint density at radius 1 is 1.08 bits per heavy atom. The second kappa shape index (κ2) is 8.17. The van der Waals surface area contributed by atoms with E-state index in [9.17, 15) is 8.42 Å². The number of nitrogens with one attached hydrogen (secondary N) is 1. The maximum Gasteiger partial charge on any atom is 0.177 e. The number of benzene rings is 2. The Balaban J connectivity index is 1.59. The van der Waals surface area contributed by atoms with E-state index in [4.69, 9.17) is 23.2 Å². The molecule has 0 radical (unpaired) electrons. The van der Waals surface area contributed by atoms with Gasteiger partial charge in [-0.25, -0.2) is 8.42 Å². The fourth-order valence-electron chi connectivity index (χ4n) is 3.32. The summed E-state index contributed by atoms with van der Waals surface area (Å²) >= 11 is 12.1. The standard InChI is InChI=1S/C19H22Cl2N2O2S/c1-26(24,25)19-5-3-2-4-18(19)22-17-6-8-23(9-7-17)13-14-10-15(20)12-16(21)11-14/h2-5,10-12,17,22H,6-9,13H2,1H3. The second-order valence-corrected chi connectivity index (χ2v) is 9.60. The van der Waals surface area contributed by atoms with Gasteiger partial charge in [0.25, 0.3) is 0 Å². The molecule has 2 aromatic rings. The van der Waals surface area contributed by atoms with Gasteiger partial charge < -0.3 is 5.32 Å². The summed E-state index contributed by atoms with van der Waals surface area (Å²) in [6, 6.07) is 13.0. The summed E-state index contributed by atoms with van der Waals surface area (Å²) in [4.78, 5) is 2.72. The molecular weight excluding hydrogens is 391 g/mol. The third-order valence-corrected chi connectivity index (χ3v) is 6.15. The van der Waals surface area contributed by atoms with Gasteiger partial charge in [-0.3, -0.25) is 4.90 Å². The smallest absolute Gasteiger partial charge is 0.177 e. The molecule has 1 fully saturated rings. The molecule has 1 heterocycles. The van der Waals surface area contributed by atoms with Gasteiger partial charge in [0.05, 0.1) is 10.6 Å². The minimum atomic E-state index is -3.24. The number of anilines is 1. The van der Waals surface area contributed by atoms with E-state index in [1.807, 2.05) is 24.3 Å². The molecular formula is C19H22Cl2N2O2S. The van der Waals surface area contributed by atoms with Crippen molar-refractivity contribution in [3.05, 3.63) is 58.1 Å². The van der Waals surface area contributed by atoms with Gasteiger partial charge in [-0.1, -0.05) is 35.3 Å². The van der Waals surface area contributed by atoms with Crippen molar-refractivity contribution in [3.63, 3.8) is 0 Å². The highest BCUT2D eigenvalue weighted by atomic mass is 35.5. The molecule has 0 aromatic heterocycles. The van der Waals surface area contributed by atoms with Crippen molar-refractivity contribution in [2.24, 2.45) is 0 Å². The zero-order chi connectivity index (χ0) is 18.7. The molecule has 26 heavy (non-hydrogen) atoms. The first-order chi connectivity index (χ1) is 12.3. The molecule has 0 atom stereocenters. The summed E-state index contributed by atoms with van der Waals surface area (Å²) in [6.07, 6.45) is 3.14. The van der Waals surface area contributed by atoms with Gasteiger partial charge in [-0.05, 0) is 48.7 Å². The van der Waals surface area contributed by atoms with E-state index in [0.29, 0.717) is 20.6 Å². The molecule has 140 valence electrons. The molecule has 1 aliphatic rings. The number of sulfone groups is 1. The normalized spacial score (nSPS) is 16.6. The Hall–Kier alpha value is -1.27. The molecule has 0 unspecified atom stereocenters. The highest BCUT2D eigenvalue weighted by molar-refractivity contribution is 7.90. The number of rotatable bonds is 5. The summed E-state index contributed by atoms with van der Waals surface area (Å²) in [5, 5.41) is 4.72. The first-order valence-electron chi connectivity index (χ1n) is 8.54. The average molecular weight is 413 g/mol. The molecule has 0 saturated carbocycles. The number of hydrogen-bond acceptors (Lipinski definition) is 4. The van der Waals surface area contributed by atoms with Crippen molar-refractivity contribution in [2.75, 3.05) is 24.7 Å². The summed E-state index contributed by atoms with van der Waals surface area (Å²) < 4.78 is 23.9. The maximum absolute atomic E-state index is 11.9. The molecule has 7 heteroatoms. The Bertz CT molecular complexity index is 859. The summed E-state index contributed by atoms with van der Waals surface area (Å²) in [7, 11) is -3.24. The van der Waals surface area contributed by atoms with Crippen LogP contribution in [0.3, 0.4) is 0 Å². The minimum absolute atomic E-state index is 0.261. The maximum atomic E-state index is 11.9. The number of likely N-dealkylation sites (tertiary alicyclic amines) is 1. The van der Waals surface area contributed by atoms with Gasteiger partial charge in [-0.2, -0.15) is 0 Å². The van der Waals surface area contributed by atoms with E-state index in [0.717, 1.165) is 38.0 Å². The predicted octanol–water partition coefficient (Wildman–Crippen LogP) is 4.47. The monoisotopic (exact) mass is 412 g/mol. The molecule has 0 spiro atoms. The lowest BCUT2D eigenvalue weighted by Gasteiger charge is -2.33. The van der Waals surface area contributed by atoms with Crippen LogP contribution in [0.15, 0.2) is 47.4 Å². The predicted molar refractivity (Wildman–Crippen MR) is 108 cm³/mol. The van der Waals surface area contributed by atoms with E-state index in [1.165, 1.54) is 6.26 Å². The van der Waals surface area contributed by atoms with Gasteiger partial charge in [0.2, 0.25) is 0 Å². The Morgan fingerprint density at radius 2 is 1.69 bits per heavy atom. The number of piperidine rings is 1. The van der Waals surface area contributed by atoms with Crippen LogP contribution < -0.4 is 5.32 Å². The fraction of sp³-hybridized carbons (Fsp3) is 0.368. The van der Waals surface area contributed by atoms with E-state index in [1.54, 1.807) is 18.2 Å². The lowest BCUT2D eigenvalue weighted by molar-refractivity contribution is 0.211. The SMILES string of the molecule is CS(=O)(=O)c1ccccc1NC1CCN(Cc2cc(Cl)cc(Cl)c2)CC1. The van der Waals surface area contributed by atoms with Crippen LogP contribution in [-0.2, 0) is 16.4 Å². The zero-order valence-corrected chi connectivity index (χ0v) is 16.9. The first-order valence-corrected chi connectivity index (χ1v) is 11.2. The van der Waals surface area contributed by atoms with Crippen molar-refractivity contribution in [3.8, 4) is 0 Å². The molecule has 0 aliphatic carbocycles. The molecule has 3 rings (SSSR count). The zero-order valence-electron chi connectivity index (χ0n) is 14.6. The third-order valence-electron chi connectivity index (χ3n) is 4.56. The Kier molecular flexibility index (Phi) is 6.13. The fourth-order valence-corrected chi connectivity index (χ4v) is 4.75. The Labute approximate surface area is 165 Å². The van der Waals surface area contributed by atoms with Crippen molar-refractivity contribution < 1.29 is 8.42 Å². The molecule has 0 amide bonds. The summed E-state index contributed by atoms with van der Waals surface area (Å²) in [5.74, 6) is 0. The van der Waals surface area contributed by atoms with Crippen LogP contribution in [0.1, 0.15) is 18.4 Å². The Morgan fingerprint density at radius 3 is 2.31 bits per heavy atom. The van der Waals surface area contributed by atoms with Gasteiger partial charge in [0.1, 0.15) is 0 Å². The van der Waals surface area contributed by atoms with Gasteiger partial charge in [0, 0.05) is 42.0 Å². The number of para-hydroxylation sites is 1. The number of halogens is 2. The molecule has 2 aromatic carbocycles. The molecule has 1 N–H and O–H groups in total. The lowest BCUT2D eigenvalue weighted by atomic mass is 10.0. The van der Waals surface area contributed by atoms with Crippen molar-refractivity contribution in [1.82, 2.24) is 4.90 Å². The second-order valence-electron chi connectivity index (χ2n) is 6.74. The van der Waals surface area contributed by atoms with Crippen molar-refractivity contribution in [1.29, 1.82) is 0 Å². The first kappa shape index (κ1) is 19.5. The van der Waals surface area contributed by atoms with Gasteiger partial charge in [0.15, 0.2) is 9.84 Å². The minimum Gasteiger partial charge on any atom is -0.381 e. The average Bonchev–Trinajstić information content (AvgIpc) is 2.55. The number of hydrogen-bond donors (Lipinski definition) is 1. The van der Waals surface area contributed by atoms with E-state index < -0.39 is 9.84 Å². The summed E-state index contributed by atoms with van der Waals surface area (Å²) in [6.45, 7) is 2.68. The highest BCUT2D eigenvalue weighted by Gasteiger charge is 2.21. The molecule has 4 nitrogen and oxygen atoms in total. The van der Waals surface area contributed by atoms with E-state index in [-0.39, 0.29) is 6.04 Å². The summed E-state index contributed by atoms with van der Waals surface area (Å²) in [5.41, 5.74) is 1.80. The topological polar surface area (TPSA) is 49.4 Å². The van der Waals surface area contributed by atoms with Crippen LogP contribution in [0, 0.1) is 0 Å². The highest BCUT2D eigenvalue weighted by Crippen LogP contribution is 2.25. The largest absolute Gasteiger partial charge is 0.381 e. The van der Waals surface area contributed by atoms with Crippen molar-refractivity contribution >= 4 is 38.7 Å². The van der Waals surface area contributed by atoms with Crippen LogP contribution in [0.25, 0.3) is 0 Å². The lowest BCUT2D eigenvalue weighted by Crippen LogP contribution is -2.38. The van der Waals surface area contributed by atoms with Crippen molar-refractivity contribution in [2.45, 2.75) is 30.3 Å². The molecule has 1 aliphatic heterocycles. The third kappa shape index (κ3) is 5.13. The van der Waals surface area contributed by atoms with Crippen LogP contribution in [0.2, 0.25) is 10.0 Å². The molecule has 0 bridgehead atoms.